The number of nitrogens with zero attached hydrogens (tertiary/aromatic N) is 1. The van der Waals surface area contributed by atoms with Gasteiger partial charge < -0.3 is 14.6 Å². The maximum Gasteiger partial charge on any atom is 0.246 e. The lowest BCUT2D eigenvalue weighted by Gasteiger charge is -2.22. The Labute approximate surface area is 146 Å². The van der Waals surface area contributed by atoms with Crippen LogP contribution in [-0.4, -0.2) is 45.2 Å². The summed E-state index contributed by atoms with van der Waals surface area (Å²) in [6, 6.07) is 10.9. The summed E-state index contributed by atoms with van der Waals surface area (Å²) in [4.78, 5) is -0.533. The smallest absolute Gasteiger partial charge is 0.246 e. The van der Waals surface area contributed by atoms with E-state index >= 15 is 0 Å². The molecule has 2 aromatic carbocycles. The van der Waals surface area contributed by atoms with E-state index in [-0.39, 0.29) is 31.2 Å². The summed E-state index contributed by atoms with van der Waals surface area (Å²) in [5, 5.41) is 9.23. The fourth-order valence-corrected chi connectivity index (χ4v) is 3.84. The maximum atomic E-state index is 14.4. The average molecular weight is 369 g/mol. The number of aliphatic hydroxyl groups is 1. The third-order valence-electron chi connectivity index (χ3n) is 3.61. The lowest BCUT2D eigenvalue weighted by Crippen LogP contribution is -2.33. The van der Waals surface area contributed by atoms with Crippen LogP contribution in [0.15, 0.2) is 47.4 Å². The van der Waals surface area contributed by atoms with E-state index in [9.17, 15) is 17.9 Å². The molecular formula is C17H20FNO5S. The van der Waals surface area contributed by atoms with E-state index in [1.54, 1.807) is 24.3 Å². The fourth-order valence-electron chi connectivity index (χ4n) is 2.36. The van der Waals surface area contributed by atoms with Gasteiger partial charge in [0.2, 0.25) is 10.0 Å². The third-order valence-corrected chi connectivity index (χ3v) is 5.47. The Balaban J connectivity index is 2.46. The quantitative estimate of drug-likeness (QED) is 0.771. The zero-order valence-corrected chi connectivity index (χ0v) is 14.8. The first-order chi connectivity index (χ1) is 11.9. The number of halogens is 1. The standard InChI is InChI=1S/C17H20FNO5S/c1-23-15-10-14(18)17(11-16(15)24-2)25(21,22)19(8-9-20)12-13-6-4-3-5-7-13/h3-7,10-11,20H,8-9,12H2,1-2H3. The largest absolute Gasteiger partial charge is 0.493 e. The number of hydrogen-bond donors (Lipinski definition) is 1. The molecule has 0 bridgehead atoms. The lowest BCUT2D eigenvalue weighted by atomic mass is 10.2. The van der Waals surface area contributed by atoms with E-state index in [0.29, 0.717) is 0 Å². The number of methoxy groups -OCH3 is 2. The van der Waals surface area contributed by atoms with Crippen LogP contribution in [0.4, 0.5) is 4.39 Å². The molecule has 8 heteroatoms. The summed E-state index contributed by atoms with van der Waals surface area (Å²) in [6.45, 7) is -0.538. The summed E-state index contributed by atoms with van der Waals surface area (Å²) in [6.07, 6.45) is 0. The molecule has 2 aromatic rings. The van der Waals surface area contributed by atoms with Gasteiger partial charge in [0.25, 0.3) is 0 Å². The van der Waals surface area contributed by atoms with Crippen LogP contribution in [0, 0.1) is 5.82 Å². The van der Waals surface area contributed by atoms with Crippen LogP contribution in [0.3, 0.4) is 0 Å². The highest BCUT2D eigenvalue weighted by atomic mass is 32.2. The molecular weight excluding hydrogens is 349 g/mol. The SMILES string of the molecule is COc1cc(F)c(S(=O)(=O)N(CCO)Cc2ccccc2)cc1OC. The lowest BCUT2D eigenvalue weighted by molar-refractivity contribution is 0.250. The molecule has 1 N–H and O–H groups in total. The van der Waals surface area contributed by atoms with Gasteiger partial charge in [-0.3, -0.25) is 0 Å². The van der Waals surface area contributed by atoms with Crippen molar-refractivity contribution < 1.29 is 27.4 Å². The summed E-state index contributed by atoms with van der Waals surface area (Å²) >= 11 is 0. The van der Waals surface area contributed by atoms with Crippen molar-refractivity contribution in [3.05, 3.63) is 53.8 Å². The normalized spacial score (nSPS) is 11.6. The van der Waals surface area contributed by atoms with Crippen LogP contribution in [0.25, 0.3) is 0 Å². The zero-order valence-electron chi connectivity index (χ0n) is 14.0. The van der Waals surface area contributed by atoms with Crippen LogP contribution in [0.5, 0.6) is 11.5 Å². The highest BCUT2D eigenvalue weighted by Crippen LogP contribution is 2.33. The second-order valence-corrected chi connectivity index (χ2v) is 7.09. The molecule has 0 atom stereocenters. The Hall–Kier alpha value is -2.16. The van der Waals surface area contributed by atoms with Crippen LogP contribution >= 0.6 is 0 Å². The van der Waals surface area contributed by atoms with Crippen LogP contribution in [-0.2, 0) is 16.6 Å². The number of ether oxygens (including phenoxy) is 2. The Morgan fingerprint density at radius 2 is 1.68 bits per heavy atom. The molecule has 0 unspecified atom stereocenters. The summed E-state index contributed by atoms with van der Waals surface area (Å²) in [5.41, 5.74) is 0.723. The summed E-state index contributed by atoms with van der Waals surface area (Å²) in [7, 11) is -1.52. The van der Waals surface area contributed by atoms with E-state index in [1.807, 2.05) is 6.07 Å². The molecule has 0 aromatic heterocycles. The first-order valence-electron chi connectivity index (χ1n) is 7.50. The first kappa shape index (κ1) is 19.2. The predicted molar refractivity (Wildman–Crippen MR) is 90.6 cm³/mol. The Kier molecular flexibility index (Phi) is 6.35. The predicted octanol–water partition coefficient (Wildman–Crippen LogP) is 2.03. The van der Waals surface area contributed by atoms with Crippen molar-refractivity contribution in [3.63, 3.8) is 0 Å². The molecule has 0 saturated heterocycles. The molecule has 0 aliphatic heterocycles. The van der Waals surface area contributed by atoms with Crippen molar-refractivity contribution in [3.8, 4) is 11.5 Å². The molecule has 0 aliphatic rings. The monoisotopic (exact) mass is 369 g/mol. The highest BCUT2D eigenvalue weighted by Gasteiger charge is 2.29. The minimum Gasteiger partial charge on any atom is -0.493 e. The van der Waals surface area contributed by atoms with Crippen LogP contribution in [0.2, 0.25) is 0 Å². The molecule has 0 radical (unpaired) electrons. The average Bonchev–Trinajstić information content (AvgIpc) is 2.61. The summed E-state index contributed by atoms with van der Waals surface area (Å²) < 4.78 is 51.2. The molecule has 6 nitrogen and oxygen atoms in total. The number of benzene rings is 2. The van der Waals surface area contributed by atoms with Gasteiger partial charge in [-0.25, -0.2) is 12.8 Å². The van der Waals surface area contributed by atoms with Gasteiger partial charge in [-0.1, -0.05) is 30.3 Å². The third kappa shape index (κ3) is 4.28. The number of rotatable bonds is 8. The summed E-state index contributed by atoms with van der Waals surface area (Å²) in [5.74, 6) is -0.754. The minimum atomic E-state index is -4.19. The van der Waals surface area contributed by atoms with Crippen LogP contribution < -0.4 is 9.47 Å². The van der Waals surface area contributed by atoms with Crippen molar-refractivity contribution in [2.75, 3.05) is 27.4 Å². The molecule has 0 spiro atoms. The number of sulfonamides is 1. The fraction of sp³-hybridized carbons (Fsp3) is 0.294. The Bertz CT molecular complexity index is 811. The van der Waals surface area contributed by atoms with E-state index < -0.39 is 20.7 Å². The topological polar surface area (TPSA) is 76.1 Å². The second-order valence-electron chi connectivity index (χ2n) is 5.19. The van der Waals surface area contributed by atoms with Gasteiger partial charge in [-0.2, -0.15) is 4.31 Å². The van der Waals surface area contributed by atoms with Crippen molar-refractivity contribution in [2.45, 2.75) is 11.4 Å². The zero-order chi connectivity index (χ0) is 18.4. The molecule has 2 rings (SSSR count). The Morgan fingerprint density at radius 3 is 2.24 bits per heavy atom. The van der Waals surface area contributed by atoms with E-state index in [4.69, 9.17) is 9.47 Å². The van der Waals surface area contributed by atoms with Gasteiger partial charge in [0, 0.05) is 25.2 Å². The number of aliphatic hydroxyl groups excluding tert-OH is 1. The van der Waals surface area contributed by atoms with Gasteiger partial charge in [-0.15, -0.1) is 0 Å². The van der Waals surface area contributed by atoms with Gasteiger partial charge in [0.1, 0.15) is 10.7 Å². The minimum absolute atomic E-state index is 0.0114. The molecule has 136 valence electrons. The molecule has 25 heavy (non-hydrogen) atoms. The van der Waals surface area contributed by atoms with Gasteiger partial charge in [0.05, 0.1) is 20.8 Å². The Morgan fingerprint density at radius 1 is 1.08 bits per heavy atom. The van der Waals surface area contributed by atoms with Gasteiger partial charge >= 0.3 is 0 Å². The van der Waals surface area contributed by atoms with Gasteiger partial charge in [0.15, 0.2) is 11.5 Å². The van der Waals surface area contributed by atoms with E-state index in [0.717, 1.165) is 22.0 Å². The molecule has 0 amide bonds. The maximum absolute atomic E-state index is 14.4. The molecule has 0 aliphatic carbocycles. The van der Waals surface area contributed by atoms with Crippen molar-refractivity contribution >= 4 is 10.0 Å². The van der Waals surface area contributed by atoms with E-state index in [1.165, 1.54) is 14.2 Å². The molecule has 0 fully saturated rings. The van der Waals surface area contributed by atoms with E-state index in [2.05, 4.69) is 0 Å². The van der Waals surface area contributed by atoms with Crippen LogP contribution in [0.1, 0.15) is 5.56 Å². The first-order valence-corrected chi connectivity index (χ1v) is 8.94. The van der Waals surface area contributed by atoms with Gasteiger partial charge in [-0.05, 0) is 5.56 Å². The molecule has 0 heterocycles. The highest BCUT2D eigenvalue weighted by molar-refractivity contribution is 7.89. The number of hydrogen-bond acceptors (Lipinski definition) is 5. The molecule has 0 saturated carbocycles. The second kappa shape index (κ2) is 8.28. The van der Waals surface area contributed by atoms with Crippen molar-refractivity contribution in [1.82, 2.24) is 4.31 Å². The van der Waals surface area contributed by atoms with Crippen molar-refractivity contribution in [1.29, 1.82) is 0 Å². The van der Waals surface area contributed by atoms with Crippen molar-refractivity contribution in [2.24, 2.45) is 0 Å².